The van der Waals surface area contributed by atoms with Crippen molar-refractivity contribution in [2.24, 2.45) is 0 Å². The quantitative estimate of drug-likeness (QED) is 0.816. The summed E-state index contributed by atoms with van der Waals surface area (Å²) < 4.78 is 0.654. The highest BCUT2D eigenvalue weighted by molar-refractivity contribution is 9.10. The molecule has 0 fully saturated rings. The van der Waals surface area contributed by atoms with E-state index in [9.17, 15) is 4.79 Å². The molecule has 1 amide bonds. The van der Waals surface area contributed by atoms with E-state index < -0.39 is 5.91 Å². The molecule has 8 heteroatoms. The summed E-state index contributed by atoms with van der Waals surface area (Å²) in [5.74, 6) is 0.141. The molecule has 2 rings (SSSR count). The average Bonchev–Trinajstić information content (AvgIpc) is 2.77. The number of nitrogens with one attached hydrogen (secondary N) is 2. The third-order valence-corrected chi connectivity index (χ3v) is 3.85. The van der Waals surface area contributed by atoms with Crippen LogP contribution >= 0.6 is 39.1 Å². The van der Waals surface area contributed by atoms with E-state index in [1.54, 1.807) is 19.1 Å². The van der Waals surface area contributed by atoms with E-state index in [0.717, 1.165) is 0 Å². The number of rotatable bonds is 2. The minimum atomic E-state index is -0.459. The van der Waals surface area contributed by atoms with Gasteiger partial charge in [-0.2, -0.15) is 0 Å². The summed E-state index contributed by atoms with van der Waals surface area (Å²) in [5.41, 5.74) is 0.400. The monoisotopic (exact) mass is 348 g/mol. The minimum absolute atomic E-state index is 0.0441. The Labute approximate surface area is 121 Å². The van der Waals surface area contributed by atoms with Crippen molar-refractivity contribution in [1.29, 1.82) is 0 Å². The number of amides is 1. The second kappa shape index (κ2) is 5.26. The van der Waals surface area contributed by atoms with Gasteiger partial charge in [0.15, 0.2) is 0 Å². The Balaban J connectivity index is 2.25. The fraction of sp³-hybridized carbons (Fsp3) is 0.100. The maximum Gasteiger partial charge on any atom is 0.295 e. The molecule has 0 radical (unpaired) electrons. The Morgan fingerprint density at radius 3 is 2.72 bits per heavy atom. The lowest BCUT2D eigenvalue weighted by Gasteiger charge is -2.07. The molecule has 0 aliphatic carbocycles. The lowest BCUT2D eigenvalue weighted by atomic mass is 10.3. The van der Waals surface area contributed by atoms with E-state index in [-0.39, 0.29) is 10.8 Å². The number of H-pyrrole nitrogens is 1. The van der Waals surface area contributed by atoms with E-state index in [1.807, 2.05) is 0 Å². The van der Waals surface area contributed by atoms with Gasteiger partial charge >= 0.3 is 0 Å². The van der Waals surface area contributed by atoms with E-state index in [4.69, 9.17) is 23.2 Å². The molecule has 2 N–H and O–H groups in total. The fourth-order valence-electron chi connectivity index (χ4n) is 1.24. The highest BCUT2D eigenvalue weighted by atomic mass is 79.9. The number of aryl methyl sites for hydroxylation is 1. The Morgan fingerprint density at radius 2 is 2.11 bits per heavy atom. The Bertz CT molecular complexity index is 614. The molecule has 5 nitrogen and oxygen atoms in total. The molecule has 0 bridgehead atoms. The third kappa shape index (κ3) is 2.66. The zero-order valence-corrected chi connectivity index (χ0v) is 12.2. The number of hydrogen-bond acceptors (Lipinski definition) is 3. The van der Waals surface area contributed by atoms with Crippen LogP contribution in [0.1, 0.15) is 16.4 Å². The predicted octanol–water partition coefficient (Wildman–Crippen LogP) is 3.43. The molecule has 1 heterocycles. The third-order valence-electron chi connectivity index (χ3n) is 2.08. The summed E-state index contributed by atoms with van der Waals surface area (Å²) >= 11 is 15.2. The number of carbonyl (C=O) groups is 1. The second-order valence-electron chi connectivity index (χ2n) is 3.42. The van der Waals surface area contributed by atoms with Crippen LogP contribution in [-0.2, 0) is 0 Å². The van der Waals surface area contributed by atoms with Gasteiger partial charge in [-0.25, -0.2) is 4.98 Å². The van der Waals surface area contributed by atoms with Crippen molar-refractivity contribution in [3.63, 3.8) is 0 Å². The van der Waals surface area contributed by atoms with Gasteiger partial charge in [-0.1, -0.05) is 23.2 Å². The van der Waals surface area contributed by atoms with Crippen molar-refractivity contribution in [3.8, 4) is 0 Å². The van der Waals surface area contributed by atoms with Gasteiger partial charge in [0.25, 0.3) is 5.91 Å². The second-order valence-corrected chi connectivity index (χ2v) is 5.03. The Kier molecular flexibility index (Phi) is 3.89. The first kappa shape index (κ1) is 13.3. The Morgan fingerprint density at radius 1 is 1.39 bits per heavy atom. The summed E-state index contributed by atoms with van der Waals surface area (Å²) in [4.78, 5) is 15.7. The molecule has 18 heavy (non-hydrogen) atoms. The maximum atomic E-state index is 11.8. The summed E-state index contributed by atoms with van der Waals surface area (Å²) in [6.07, 6.45) is 0. The molecule has 1 aromatic carbocycles. The number of carbonyl (C=O) groups excluding carboxylic acids is 1. The van der Waals surface area contributed by atoms with Crippen molar-refractivity contribution < 1.29 is 4.79 Å². The van der Waals surface area contributed by atoms with Crippen LogP contribution in [0.15, 0.2) is 16.6 Å². The number of aromatic amines is 1. The fourth-order valence-corrected chi connectivity index (χ4v) is 2.07. The molecular formula is C10H7BrCl2N4O. The van der Waals surface area contributed by atoms with E-state index >= 15 is 0 Å². The summed E-state index contributed by atoms with van der Waals surface area (Å²) in [5, 5.41) is 9.51. The van der Waals surface area contributed by atoms with Crippen LogP contribution in [0.3, 0.4) is 0 Å². The molecule has 94 valence electrons. The van der Waals surface area contributed by atoms with E-state index in [2.05, 4.69) is 36.4 Å². The van der Waals surface area contributed by atoms with Gasteiger partial charge in [0.2, 0.25) is 5.82 Å². The van der Waals surface area contributed by atoms with Crippen molar-refractivity contribution in [1.82, 2.24) is 15.2 Å². The number of anilines is 1. The lowest BCUT2D eigenvalue weighted by molar-refractivity contribution is 0.101. The topological polar surface area (TPSA) is 70.7 Å². The molecule has 1 aromatic heterocycles. The van der Waals surface area contributed by atoms with Gasteiger partial charge in [0, 0.05) is 4.47 Å². The van der Waals surface area contributed by atoms with Gasteiger partial charge in [0.05, 0.1) is 15.7 Å². The highest BCUT2D eigenvalue weighted by Gasteiger charge is 2.15. The summed E-state index contributed by atoms with van der Waals surface area (Å²) in [7, 11) is 0. The summed E-state index contributed by atoms with van der Waals surface area (Å²) in [6.45, 7) is 1.70. The number of benzene rings is 1. The lowest BCUT2D eigenvalue weighted by Crippen LogP contribution is -2.14. The molecule has 0 spiro atoms. The van der Waals surface area contributed by atoms with Crippen molar-refractivity contribution in [2.75, 3.05) is 5.32 Å². The standard InChI is InChI=1S/C10H7BrCl2N4O/c1-4-14-9(17-16-4)10(18)15-6-3-2-5(11)7(12)8(6)13/h2-3H,1H3,(H,15,18)(H,14,16,17). The minimum Gasteiger partial charge on any atom is -0.318 e. The first-order valence-electron chi connectivity index (χ1n) is 4.83. The van der Waals surface area contributed by atoms with Gasteiger partial charge in [-0.3, -0.25) is 9.89 Å². The zero-order chi connectivity index (χ0) is 13.3. The molecule has 0 aliphatic rings. The van der Waals surface area contributed by atoms with Crippen LogP contribution in [0, 0.1) is 6.92 Å². The molecular weight excluding hydrogens is 343 g/mol. The van der Waals surface area contributed by atoms with E-state index in [1.165, 1.54) is 0 Å². The van der Waals surface area contributed by atoms with Crippen molar-refractivity contribution in [3.05, 3.63) is 38.3 Å². The van der Waals surface area contributed by atoms with Crippen LogP contribution in [0.25, 0.3) is 0 Å². The van der Waals surface area contributed by atoms with Crippen molar-refractivity contribution >= 4 is 50.7 Å². The van der Waals surface area contributed by atoms with Gasteiger partial charge in [-0.15, -0.1) is 5.10 Å². The molecule has 0 saturated heterocycles. The maximum absolute atomic E-state index is 11.8. The van der Waals surface area contributed by atoms with Gasteiger partial charge in [0.1, 0.15) is 5.82 Å². The smallest absolute Gasteiger partial charge is 0.295 e. The zero-order valence-electron chi connectivity index (χ0n) is 9.09. The average molecular weight is 350 g/mol. The van der Waals surface area contributed by atoms with Gasteiger partial charge < -0.3 is 5.32 Å². The highest BCUT2D eigenvalue weighted by Crippen LogP contribution is 2.35. The number of hydrogen-bond donors (Lipinski definition) is 2. The number of aromatic nitrogens is 3. The van der Waals surface area contributed by atoms with Crippen LogP contribution in [0.2, 0.25) is 10.0 Å². The molecule has 0 atom stereocenters. The van der Waals surface area contributed by atoms with Crippen LogP contribution in [0.5, 0.6) is 0 Å². The Hall–Kier alpha value is -1.11. The normalized spacial score (nSPS) is 10.4. The predicted molar refractivity (Wildman–Crippen MR) is 73.2 cm³/mol. The summed E-state index contributed by atoms with van der Waals surface area (Å²) in [6, 6.07) is 3.32. The first-order chi connectivity index (χ1) is 8.49. The molecule has 0 unspecified atom stereocenters. The largest absolute Gasteiger partial charge is 0.318 e. The van der Waals surface area contributed by atoms with E-state index in [0.29, 0.717) is 21.0 Å². The van der Waals surface area contributed by atoms with Crippen LogP contribution in [-0.4, -0.2) is 21.1 Å². The number of halogens is 3. The SMILES string of the molecule is Cc1nc(C(=O)Nc2ccc(Br)c(Cl)c2Cl)n[nH]1. The molecule has 0 aliphatic heterocycles. The first-order valence-corrected chi connectivity index (χ1v) is 6.38. The van der Waals surface area contributed by atoms with Crippen LogP contribution < -0.4 is 5.32 Å². The van der Waals surface area contributed by atoms with Gasteiger partial charge in [-0.05, 0) is 35.0 Å². The number of nitrogens with zero attached hydrogens (tertiary/aromatic N) is 2. The van der Waals surface area contributed by atoms with Crippen molar-refractivity contribution in [2.45, 2.75) is 6.92 Å². The molecule has 0 saturated carbocycles. The molecule has 2 aromatic rings. The van der Waals surface area contributed by atoms with Crippen LogP contribution in [0.4, 0.5) is 5.69 Å².